The lowest BCUT2D eigenvalue weighted by molar-refractivity contribution is 0.0954. The molecule has 1 atom stereocenters. The van der Waals surface area contributed by atoms with Crippen LogP contribution in [0.1, 0.15) is 60.6 Å². The molecule has 1 amide bonds. The highest BCUT2D eigenvalue weighted by atomic mass is 19.1. The highest BCUT2D eigenvalue weighted by Crippen LogP contribution is 2.38. The van der Waals surface area contributed by atoms with Crippen molar-refractivity contribution in [2.75, 3.05) is 37.4 Å². The third-order valence-electron chi connectivity index (χ3n) is 6.52. The highest BCUT2D eigenvalue weighted by Gasteiger charge is 2.24. The van der Waals surface area contributed by atoms with Crippen LogP contribution in [-0.4, -0.2) is 37.6 Å². The summed E-state index contributed by atoms with van der Waals surface area (Å²) in [7, 11) is 1.82. The number of carbonyl (C=O) groups is 1. The minimum atomic E-state index is -0.270. The summed E-state index contributed by atoms with van der Waals surface area (Å²) < 4.78 is 19.3. The minimum Gasteiger partial charge on any atom is -0.491 e. The number of unbranched alkanes of at least 4 members (excludes halogenated alkanes) is 2. The topological polar surface area (TPSA) is 75.3 Å². The first-order valence-electron chi connectivity index (χ1n) is 12.8. The Morgan fingerprint density at radius 3 is 2.72 bits per heavy atom. The molecule has 36 heavy (non-hydrogen) atoms. The molecule has 3 N–H and O–H groups in total. The second kappa shape index (κ2) is 11.9. The van der Waals surface area contributed by atoms with Crippen LogP contribution in [0.3, 0.4) is 0 Å². The summed E-state index contributed by atoms with van der Waals surface area (Å²) >= 11 is 0. The van der Waals surface area contributed by atoms with Crippen LogP contribution in [0.25, 0.3) is 11.3 Å². The molecule has 4 rings (SSSR count). The number of carbonyl (C=O) groups excluding carboxylic acids is 1. The van der Waals surface area contributed by atoms with E-state index in [0.29, 0.717) is 31.1 Å². The Labute approximate surface area is 212 Å². The van der Waals surface area contributed by atoms with Crippen LogP contribution in [0.15, 0.2) is 48.5 Å². The number of nitrogens with one attached hydrogen (secondary N) is 3. The fraction of sp³-hybridized carbons (Fsp3) is 0.379. The van der Waals surface area contributed by atoms with Gasteiger partial charge in [-0.15, -0.1) is 0 Å². The Balaban J connectivity index is 1.42. The third kappa shape index (κ3) is 5.96. The summed E-state index contributed by atoms with van der Waals surface area (Å²) in [5.74, 6) is 0.703. The summed E-state index contributed by atoms with van der Waals surface area (Å²) in [5.41, 5.74) is 6.19. The predicted octanol–water partition coefficient (Wildman–Crippen LogP) is 6.00. The average molecular weight is 491 g/mol. The summed E-state index contributed by atoms with van der Waals surface area (Å²) in [6, 6.07) is 14.0. The molecule has 2 aromatic carbocycles. The van der Waals surface area contributed by atoms with Crippen LogP contribution in [0.4, 0.5) is 15.8 Å². The molecule has 0 radical (unpaired) electrons. The molecule has 190 valence electrons. The van der Waals surface area contributed by atoms with Crippen LogP contribution >= 0.6 is 0 Å². The number of pyridine rings is 1. The standard InChI is InChI=1S/C29H35FN4O2/c1-4-5-6-15-36-26-12-9-21(16-25(26)31-3)29(35)32-14-13-23-17-24-19(2)18-33-28(24)27(34-23)20-7-10-22(30)11-8-20/h7-12,16-17,19,31,33H,4-6,13-15,18H2,1-3H3,(H,32,35). The minimum absolute atomic E-state index is 0.140. The highest BCUT2D eigenvalue weighted by molar-refractivity contribution is 5.95. The van der Waals surface area contributed by atoms with Gasteiger partial charge >= 0.3 is 0 Å². The molecule has 0 bridgehead atoms. The molecule has 2 heterocycles. The number of fused-ring (bicyclic) bond motifs is 1. The first kappa shape index (κ1) is 25.5. The van der Waals surface area contributed by atoms with Crippen molar-refractivity contribution < 1.29 is 13.9 Å². The number of aromatic nitrogens is 1. The van der Waals surface area contributed by atoms with Gasteiger partial charge in [-0.1, -0.05) is 26.7 Å². The van der Waals surface area contributed by atoms with Gasteiger partial charge in [0, 0.05) is 49.3 Å². The lowest BCUT2D eigenvalue weighted by Gasteiger charge is -2.14. The molecular formula is C29H35FN4O2. The van der Waals surface area contributed by atoms with Crippen molar-refractivity contribution >= 4 is 17.3 Å². The molecule has 1 unspecified atom stereocenters. The molecule has 7 heteroatoms. The molecule has 0 saturated carbocycles. The smallest absolute Gasteiger partial charge is 0.251 e. The number of anilines is 2. The normalized spacial score (nSPS) is 14.2. The molecule has 1 aliphatic rings. The summed E-state index contributed by atoms with van der Waals surface area (Å²) in [6.07, 6.45) is 3.88. The molecule has 3 aromatic rings. The van der Waals surface area contributed by atoms with Crippen LogP contribution in [-0.2, 0) is 6.42 Å². The number of benzene rings is 2. The molecule has 6 nitrogen and oxygen atoms in total. The van der Waals surface area contributed by atoms with Gasteiger partial charge < -0.3 is 20.7 Å². The van der Waals surface area contributed by atoms with Gasteiger partial charge in [0.1, 0.15) is 11.6 Å². The SMILES string of the molecule is CCCCCOc1ccc(C(=O)NCCc2cc3c(c(-c4ccc(F)cc4)n2)NCC3C)cc1NC. The first-order valence-corrected chi connectivity index (χ1v) is 12.8. The molecule has 0 spiro atoms. The van der Waals surface area contributed by atoms with Crippen LogP contribution < -0.4 is 20.7 Å². The van der Waals surface area contributed by atoms with Crippen molar-refractivity contribution in [2.45, 2.75) is 45.4 Å². The van der Waals surface area contributed by atoms with Gasteiger partial charge in [-0.25, -0.2) is 4.39 Å². The van der Waals surface area contributed by atoms with Gasteiger partial charge in [0.05, 0.1) is 23.7 Å². The molecule has 0 aliphatic carbocycles. The summed E-state index contributed by atoms with van der Waals surface area (Å²) in [5, 5.41) is 9.58. The van der Waals surface area contributed by atoms with E-state index in [0.717, 1.165) is 59.9 Å². The maximum atomic E-state index is 13.5. The number of hydrogen-bond donors (Lipinski definition) is 3. The fourth-order valence-corrected chi connectivity index (χ4v) is 4.44. The van der Waals surface area contributed by atoms with E-state index >= 15 is 0 Å². The van der Waals surface area contributed by atoms with E-state index < -0.39 is 0 Å². The van der Waals surface area contributed by atoms with Crippen LogP contribution in [0, 0.1) is 5.82 Å². The van der Waals surface area contributed by atoms with Gasteiger partial charge in [0.25, 0.3) is 5.91 Å². The van der Waals surface area contributed by atoms with Gasteiger partial charge in [-0.05, 0) is 60.5 Å². The average Bonchev–Trinajstić information content (AvgIpc) is 3.27. The molecule has 0 fully saturated rings. The predicted molar refractivity (Wildman–Crippen MR) is 144 cm³/mol. The zero-order valence-electron chi connectivity index (χ0n) is 21.3. The van der Waals surface area contributed by atoms with Crippen molar-refractivity contribution in [1.82, 2.24) is 10.3 Å². The zero-order chi connectivity index (χ0) is 25.5. The van der Waals surface area contributed by atoms with Gasteiger partial charge in [0.15, 0.2) is 0 Å². The van der Waals surface area contributed by atoms with Crippen molar-refractivity contribution in [3.63, 3.8) is 0 Å². The largest absolute Gasteiger partial charge is 0.491 e. The number of hydrogen-bond acceptors (Lipinski definition) is 5. The molecule has 1 aliphatic heterocycles. The summed E-state index contributed by atoms with van der Waals surface area (Å²) in [4.78, 5) is 17.7. The van der Waals surface area contributed by atoms with Crippen LogP contribution in [0.2, 0.25) is 0 Å². The number of rotatable bonds is 11. The Hall–Kier alpha value is -3.61. The Kier molecular flexibility index (Phi) is 8.41. The monoisotopic (exact) mass is 490 g/mol. The Morgan fingerprint density at radius 2 is 1.97 bits per heavy atom. The maximum Gasteiger partial charge on any atom is 0.251 e. The van der Waals surface area contributed by atoms with E-state index in [2.05, 4.69) is 35.9 Å². The van der Waals surface area contributed by atoms with Gasteiger partial charge in [-0.3, -0.25) is 9.78 Å². The van der Waals surface area contributed by atoms with E-state index in [1.165, 1.54) is 17.7 Å². The van der Waals surface area contributed by atoms with Gasteiger partial charge in [-0.2, -0.15) is 0 Å². The number of ether oxygens (including phenoxy) is 1. The second-order valence-corrected chi connectivity index (χ2v) is 9.24. The fourth-order valence-electron chi connectivity index (χ4n) is 4.44. The van der Waals surface area contributed by atoms with E-state index in [1.807, 2.05) is 19.2 Å². The lowest BCUT2D eigenvalue weighted by Crippen LogP contribution is -2.26. The number of nitrogens with zero attached hydrogens (tertiary/aromatic N) is 1. The Morgan fingerprint density at radius 1 is 1.17 bits per heavy atom. The van der Waals surface area contributed by atoms with E-state index in [4.69, 9.17) is 9.72 Å². The molecule has 1 aromatic heterocycles. The van der Waals surface area contributed by atoms with E-state index in [9.17, 15) is 9.18 Å². The van der Waals surface area contributed by atoms with Crippen molar-refractivity contribution in [1.29, 1.82) is 0 Å². The van der Waals surface area contributed by atoms with Crippen molar-refractivity contribution in [2.24, 2.45) is 0 Å². The lowest BCUT2D eigenvalue weighted by atomic mass is 9.99. The molecule has 0 saturated heterocycles. The quantitative estimate of drug-likeness (QED) is 0.288. The number of halogens is 1. The van der Waals surface area contributed by atoms with Crippen molar-refractivity contribution in [3.8, 4) is 17.0 Å². The van der Waals surface area contributed by atoms with Gasteiger partial charge in [0.2, 0.25) is 0 Å². The molecular weight excluding hydrogens is 455 g/mol. The number of amides is 1. The Bertz CT molecular complexity index is 1200. The van der Waals surface area contributed by atoms with Crippen LogP contribution in [0.5, 0.6) is 5.75 Å². The second-order valence-electron chi connectivity index (χ2n) is 9.24. The summed E-state index contributed by atoms with van der Waals surface area (Å²) in [6.45, 7) is 6.30. The third-order valence-corrected chi connectivity index (χ3v) is 6.52. The van der Waals surface area contributed by atoms with Crippen molar-refractivity contribution in [3.05, 3.63) is 71.2 Å². The maximum absolute atomic E-state index is 13.5. The zero-order valence-corrected chi connectivity index (χ0v) is 21.3. The van der Waals surface area contributed by atoms with E-state index in [-0.39, 0.29) is 11.7 Å². The first-order chi connectivity index (χ1) is 17.5. The van der Waals surface area contributed by atoms with E-state index in [1.54, 1.807) is 18.2 Å².